The van der Waals surface area contributed by atoms with Gasteiger partial charge in [-0.1, -0.05) is 6.58 Å². The molecule has 3 fully saturated rings. The molecule has 8 rings (SSSR count). The molecule has 0 aliphatic carbocycles. The van der Waals surface area contributed by atoms with Crippen molar-refractivity contribution in [2.24, 2.45) is 0 Å². The zero-order valence-electron chi connectivity index (χ0n) is 24.1. The van der Waals surface area contributed by atoms with Gasteiger partial charge in [0.2, 0.25) is 0 Å². The van der Waals surface area contributed by atoms with Crippen LogP contribution in [0.5, 0.6) is 0 Å². The van der Waals surface area contributed by atoms with Gasteiger partial charge in [0.25, 0.3) is 0 Å². The summed E-state index contributed by atoms with van der Waals surface area (Å²) in [7, 11) is 0. The van der Waals surface area contributed by atoms with Gasteiger partial charge in [-0.2, -0.15) is 5.26 Å². The summed E-state index contributed by atoms with van der Waals surface area (Å²) < 4.78 is 48.8. The lowest BCUT2D eigenvalue weighted by molar-refractivity contribution is 0.182. The van der Waals surface area contributed by atoms with Gasteiger partial charge in [-0.05, 0) is 57.2 Å². The van der Waals surface area contributed by atoms with Crippen LogP contribution in [-0.2, 0) is 6.42 Å². The van der Waals surface area contributed by atoms with Crippen molar-refractivity contribution in [3.05, 3.63) is 47.2 Å². The third-order valence-corrected chi connectivity index (χ3v) is 11.2. The van der Waals surface area contributed by atoms with Gasteiger partial charge in [-0.15, -0.1) is 11.3 Å². The third-order valence-electron chi connectivity index (χ3n) is 10.2. The Bertz CT molecular complexity index is 1920. The molecule has 3 N–H and O–H groups in total. The number of aromatic nitrogens is 3. The Morgan fingerprint density at radius 3 is 2.68 bits per heavy atom. The highest BCUT2D eigenvalue weighted by Crippen LogP contribution is 2.48. The predicted octanol–water partition coefficient (Wildman–Crippen LogP) is 5.53. The number of hydrogen-bond acceptors (Lipinski definition) is 9. The van der Waals surface area contributed by atoms with Crippen molar-refractivity contribution in [3.8, 4) is 17.3 Å². The quantitative estimate of drug-likeness (QED) is 0.308. The van der Waals surface area contributed by atoms with E-state index in [1.54, 1.807) is 0 Å². The van der Waals surface area contributed by atoms with E-state index in [4.69, 9.17) is 15.7 Å². The topological polar surface area (TPSA) is 107 Å². The van der Waals surface area contributed by atoms with Gasteiger partial charge in [0.05, 0.1) is 33.1 Å². The van der Waals surface area contributed by atoms with E-state index in [2.05, 4.69) is 26.7 Å². The number of aryl methyl sites for hydroxylation is 1. The standard InChI is InChI=1S/C32H31F3N8S/c1-16-12-17-14-38-8-11-43(17)31-23-21(16)25(34)24(27-22-18(13-36)30(37)44-29(22)19(33)15-39-27)26(35)28(23)40-20(41-31)4-7-32-5-2-9-42(32)10-3-6-32/h15,17,38H,1-12,14,37H2/t17-/m1/s1. The first-order valence-electron chi connectivity index (χ1n) is 15.2. The molecule has 226 valence electrons. The van der Waals surface area contributed by atoms with Crippen LogP contribution >= 0.6 is 11.3 Å². The Labute approximate surface area is 256 Å². The third kappa shape index (κ3) is 3.92. The smallest absolute Gasteiger partial charge is 0.162 e. The number of rotatable bonds is 4. The van der Waals surface area contributed by atoms with Gasteiger partial charge in [-0.25, -0.2) is 23.1 Å². The highest BCUT2D eigenvalue weighted by molar-refractivity contribution is 7.23. The van der Waals surface area contributed by atoms with Crippen molar-refractivity contribution in [2.75, 3.05) is 43.4 Å². The van der Waals surface area contributed by atoms with Crippen LogP contribution in [0.2, 0.25) is 0 Å². The van der Waals surface area contributed by atoms with E-state index in [-0.39, 0.29) is 49.0 Å². The number of anilines is 2. The van der Waals surface area contributed by atoms with Crippen LogP contribution in [0.3, 0.4) is 0 Å². The maximum atomic E-state index is 17.0. The molecule has 0 amide bonds. The summed E-state index contributed by atoms with van der Waals surface area (Å²) in [5, 5.41) is 13.6. The minimum atomic E-state index is -0.914. The minimum absolute atomic E-state index is 0.00337. The molecule has 7 heterocycles. The lowest BCUT2D eigenvalue weighted by Gasteiger charge is -2.36. The van der Waals surface area contributed by atoms with Gasteiger partial charge in [0, 0.05) is 48.6 Å². The van der Waals surface area contributed by atoms with Crippen molar-refractivity contribution in [3.63, 3.8) is 0 Å². The Morgan fingerprint density at radius 1 is 1.11 bits per heavy atom. The lowest BCUT2D eigenvalue weighted by atomic mass is 9.88. The number of halogens is 3. The van der Waals surface area contributed by atoms with Crippen LogP contribution in [0.15, 0.2) is 12.8 Å². The molecule has 4 aromatic rings. The highest BCUT2D eigenvalue weighted by Gasteiger charge is 2.44. The maximum Gasteiger partial charge on any atom is 0.162 e. The van der Waals surface area contributed by atoms with E-state index in [9.17, 15) is 9.65 Å². The molecular formula is C32H31F3N8S. The summed E-state index contributed by atoms with van der Waals surface area (Å²) in [5.74, 6) is -1.46. The fourth-order valence-electron chi connectivity index (χ4n) is 8.17. The summed E-state index contributed by atoms with van der Waals surface area (Å²) in [6.07, 6.45) is 7.42. The van der Waals surface area contributed by atoms with Crippen LogP contribution in [-0.4, -0.2) is 64.2 Å². The monoisotopic (exact) mass is 616 g/mol. The van der Waals surface area contributed by atoms with E-state index in [1.807, 2.05) is 6.07 Å². The molecule has 4 aliphatic heterocycles. The molecule has 4 aliphatic rings. The number of piperazine rings is 1. The van der Waals surface area contributed by atoms with E-state index >= 15 is 8.78 Å². The van der Waals surface area contributed by atoms with E-state index in [1.165, 1.54) is 12.8 Å². The SMILES string of the molecule is C=C1C[C@@H]2CNCCN2c2nc(CCC34CCCN3CCC4)nc3c(F)c(-c4ncc(F)c5sc(N)c(C#N)c45)c(F)c1c23. The molecule has 3 aromatic heterocycles. The number of nitrogens with zero attached hydrogens (tertiary/aromatic N) is 6. The minimum Gasteiger partial charge on any atom is -0.389 e. The average Bonchev–Trinajstić information content (AvgIpc) is 3.67. The van der Waals surface area contributed by atoms with Gasteiger partial charge >= 0.3 is 0 Å². The van der Waals surface area contributed by atoms with Crippen molar-refractivity contribution in [1.29, 1.82) is 5.26 Å². The molecule has 12 heteroatoms. The number of nitrogens with one attached hydrogen (secondary N) is 1. The maximum absolute atomic E-state index is 17.0. The molecule has 0 spiro atoms. The first kappa shape index (κ1) is 27.7. The second-order valence-corrected chi connectivity index (χ2v) is 13.5. The molecule has 8 nitrogen and oxygen atoms in total. The number of pyridine rings is 1. The number of thiophene rings is 1. The number of nitriles is 1. The fourth-order valence-corrected chi connectivity index (χ4v) is 9.09. The van der Waals surface area contributed by atoms with Crippen molar-refractivity contribution in [1.82, 2.24) is 25.2 Å². The average molecular weight is 617 g/mol. The van der Waals surface area contributed by atoms with Crippen molar-refractivity contribution >= 4 is 48.7 Å². The second-order valence-electron chi connectivity index (χ2n) is 12.5. The van der Waals surface area contributed by atoms with Crippen LogP contribution < -0.4 is 16.0 Å². The van der Waals surface area contributed by atoms with E-state index in [0.717, 1.165) is 49.9 Å². The molecule has 0 unspecified atom stereocenters. The summed E-state index contributed by atoms with van der Waals surface area (Å²) >= 11 is 0.858. The molecule has 0 saturated carbocycles. The van der Waals surface area contributed by atoms with Gasteiger partial charge in [-0.3, -0.25) is 9.88 Å². The molecular weight excluding hydrogens is 585 g/mol. The van der Waals surface area contributed by atoms with Crippen LogP contribution in [0.1, 0.15) is 55.5 Å². The Hall–Kier alpha value is -3.79. The summed E-state index contributed by atoms with van der Waals surface area (Å²) in [6, 6.07) is 1.93. The largest absolute Gasteiger partial charge is 0.389 e. The summed E-state index contributed by atoms with van der Waals surface area (Å²) in [5.41, 5.74) is 6.12. The number of nitrogens with two attached hydrogens (primary N) is 1. The Morgan fingerprint density at radius 2 is 1.91 bits per heavy atom. The van der Waals surface area contributed by atoms with Crippen molar-refractivity contribution < 1.29 is 13.2 Å². The van der Waals surface area contributed by atoms with Crippen molar-refractivity contribution in [2.45, 2.75) is 56.5 Å². The van der Waals surface area contributed by atoms with Gasteiger partial charge in [0.15, 0.2) is 11.6 Å². The van der Waals surface area contributed by atoms with E-state index < -0.39 is 23.0 Å². The molecule has 1 aromatic carbocycles. The molecule has 0 radical (unpaired) electrons. The lowest BCUT2D eigenvalue weighted by Crippen LogP contribution is -2.51. The van der Waals surface area contributed by atoms with Gasteiger partial charge < -0.3 is 16.0 Å². The number of fused-ring (bicyclic) bond motifs is 4. The zero-order valence-corrected chi connectivity index (χ0v) is 25.0. The zero-order chi connectivity index (χ0) is 30.3. The number of benzene rings is 1. The Kier molecular flexibility index (Phi) is 6.38. The highest BCUT2D eigenvalue weighted by atomic mass is 32.1. The second kappa shape index (κ2) is 10.1. The Balaban J connectivity index is 1.38. The molecule has 44 heavy (non-hydrogen) atoms. The predicted molar refractivity (Wildman–Crippen MR) is 166 cm³/mol. The first-order chi connectivity index (χ1) is 21.3. The normalized spacial score (nSPS) is 21.1. The van der Waals surface area contributed by atoms with Crippen LogP contribution in [0.25, 0.3) is 37.8 Å². The number of hydrogen-bond donors (Lipinski definition) is 2. The molecule has 1 atom stereocenters. The number of nitrogen functional groups attached to an aromatic ring is 1. The molecule has 0 bridgehead atoms. The summed E-state index contributed by atoms with van der Waals surface area (Å²) in [6.45, 7) is 8.46. The van der Waals surface area contributed by atoms with E-state index in [0.29, 0.717) is 55.1 Å². The van der Waals surface area contributed by atoms with Crippen LogP contribution in [0.4, 0.5) is 24.0 Å². The van der Waals surface area contributed by atoms with Crippen LogP contribution in [0, 0.1) is 28.8 Å². The van der Waals surface area contributed by atoms with Gasteiger partial charge in [0.1, 0.15) is 34.0 Å². The summed E-state index contributed by atoms with van der Waals surface area (Å²) in [4.78, 5) is 18.7. The fraction of sp³-hybridized carbons (Fsp3) is 0.438. The molecule has 3 saturated heterocycles. The first-order valence-corrected chi connectivity index (χ1v) is 16.0.